The van der Waals surface area contributed by atoms with Gasteiger partial charge in [-0.05, 0) is 24.5 Å². The molecule has 1 aromatic rings. The Bertz CT molecular complexity index is 746. The van der Waals surface area contributed by atoms with Crippen LogP contribution in [-0.2, 0) is 21.2 Å². The number of nitrogens with two attached hydrogens (primary N) is 1. The van der Waals surface area contributed by atoms with E-state index in [1.165, 1.54) is 6.07 Å². The quantitative estimate of drug-likeness (QED) is 0.573. The van der Waals surface area contributed by atoms with E-state index in [0.29, 0.717) is 17.7 Å². The van der Waals surface area contributed by atoms with E-state index in [2.05, 4.69) is 10.2 Å². The Morgan fingerprint density at radius 3 is 2.71 bits per heavy atom. The highest BCUT2D eigenvalue weighted by Gasteiger charge is 2.30. The number of benzene rings is 1. The van der Waals surface area contributed by atoms with Gasteiger partial charge in [0.2, 0.25) is 10.0 Å². The van der Waals surface area contributed by atoms with Gasteiger partial charge in [0.05, 0.1) is 23.0 Å². The van der Waals surface area contributed by atoms with Gasteiger partial charge in [-0.2, -0.15) is 0 Å². The molecule has 0 bridgehead atoms. The molecule has 3 rings (SSSR count). The molecule has 1 aromatic carbocycles. The van der Waals surface area contributed by atoms with E-state index in [1.807, 2.05) is 0 Å². The fourth-order valence-corrected chi connectivity index (χ4v) is 3.73. The van der Waals surface area contributed by atoms with Gasteiger partial charge >= 0.3 is 0 Å². The summed E-state index contributed by atoms with van der Waals surface area (Å²) in [6.07, 6.45) is 1.36. The Morgan fingerprint density at radius 2 is 2.08 bits per heavy atom. The number of morpholine rings is 1. The molecule has 10 heteroatoms. The van der Waals surface area contributed by atoms with Gasteiger partial charge in [-0.25, -0.2) is 13.6 Å². The number of primary sulfonamides is 1. The Hall–Kier alpha value is -1.75. The second kappa shape index (κ2) is 6.63. The summed E-state index contributed by atoms with van der Waals surface area (Å²) >= 11 is 0. The Kier molecular flexibility index (Phi) is 4.72. The van der Waals surface area contributed by atoms with Gasteiger partial charge < -0.3 is 10.1 Å². The third-order valence-electron chi connectivity index (χ3n) is 4.41. The number of anilines is 1. The van der Waals surface area contributed by atoms with Gasteiger partial charge in [-0.1, -0.05) is 0 Å². The van der Waals surface area contributed by atoms with Crippen LogP contribution in [0.3, 0.4) is 0 Å². The van der Waals surface area contributed by atoms with E-state index in [9.17, 15) is 18.5 Å². The molecule has 0 aliphatic carbocycles. The molecular weight excluding hydrogens is 336 g/mol. The number of sulfonamides is 1. The lowest BCUT2D eigenvalue weighted by Crippen LogP contribution is -2.38. The summed E-state index contributed by atoms with van der Waals surface area (Å²) in [7, 11) is -3.98. The lowest BCUT2D eigenvalue weighted by molar-refractivity contribution is -0.384. The molecule has 0 amide bonds. The molecule has 2 aliphatic rings. The number of nitro groups is 1. The van der Waals surface area contributed by atoms with Crippen LogP contribution in [0.2, 0.25) is 0 Å². The molecule has 1 saturated heterocycles. The molecule has 2 aliphatic heterocycles. The van der Waals surface area contributed by atoms with Crippen molar-refractivity contribution in [2.24, 2.45) is 5.14 Å². The maximum absolute atomic E-state index is 11.5. The third kappa shape index (κ3) is 3.66. The van der Waals surface area contributed by atoms with Crippen LogP contribution in [-0.4, -0.2) is 57.1 Å². The van der Waals surface area contributed by atoms with Crippen molar-refractivity contribution >= 4 is 21.4 Å². The second-order valence-corrected chi connectivity index (χ2v) is 7.63. The largest absolute Gasteiger partial charge is 0.379 e. The zero-order valence-electron chi connectivity index (χ0n) is 13.1. The van der Waals surface area contributed by atoms with Crippen molar-refractivity contribution < 1.29 is 18.1 Å². The number of nitro benzene ring substituents is 1. The molecule has 2 heterocycles. The van der Waals surface area contributed by atoms with Gasteiger partial charge in [-0.3, -0.25) is 15.0 Å². The first-order valence-electron chi connectivity index (χ1n) is 7.75. The molecular formula is C14H20N4O5S. The molecule has 1 fully saturated rings. The average molecular weight is 356 g/mol. The number of nitrogens with one attached hydrogen (secondary N) is 1. The third-order valence-corrected chi connectivity index (χ3v) is 5.30. The molecule has 0 spiro atoms. The molecule has 1 unspecified atom stereocenters. The molecule has 1 atom stereocenters. The molecule has 0 radical (unpaired) electrons. The lowest BCUT2D eigenvalue weighted by Gasteiger charge is -2.27. The molecule has 3 N–H and O–H groups in total. The second-order valence-electron chi connectivity index (χ2n) is 6.07. The maximum atomic E-state index is 11.5. The average Bonchev–Trinajstić information content (AvgIpc) is 2.94. The Balaban J connectivity index is 1.75. The fourth-order valence-electron chi connectivity index (χ4n) is 3.15. The minimum Gasteiger partial charge on any atom is -0.379 e. The first kappa shape index (κ1) is 17.1. The SMILES string of the molecule is NS(=O)(=O)c1cc2c(c([N+](=O)[O-])c1)NC(CCN1CCOCC1)C2. The Morgan fingerprint density at radius 1 is 1.38 bits per heavy atom. The van der Waals surface area contributed by atoms with Crippen molar-refractivity contribution in [1.82, 2.24) is 4.90 Å². The fraction of sp³-hybridized carbons (Fsp3) is 0.571. The van der Waals surface area contributed by atoms with Crippen LogP contribution in [0.1, 0.15) is 12.0 Å². The van der Waals surface area contributed by atoms with E-state index in [1.54, 1.807) is 0 Å². The standard InChI is InChI=1S/C14H20N4O5S/c15-24(21,22)12-8-10-7-11(1-2-17-3-5-23-6-4-17)16-14(10)13(9-12)18(19)20/h8-9,11,16H,1-7H2,(H2,15,21,22). The normalized spacial score (nSPS) is 21.3. The molecule has 24 heavy (non-hydrogen) atoms. The number of hydrogen-bond donors (Lipinski definition) is 2. The maximum Gasteiger partial charge on any atom is 0.293 e. The van der Waals surface area contributed by atoms with Gasteiger partial charge in [0, 0.05) is 31.7 Å². The molecule has 9 nitrogen and oxygen atoms in total. The number of fused-ring (bicyclic) bond motifs is 1. The van der Waals surface area contributed by atoms with Crippen LogP contribution in [0.4, 0.5) is 11.4 Å². The van der Waals surface area contributed by atoms with Crippen molar-refractivity contribution in [1.29, 1.82) is 0 Å². The van der Waals surface area contributed by atoms with Crippen LogP contribution < -0.4 is 10.5 Å². The molecule has 132 valence electrons. The summed E-state index contributed by atoms with van der Waals surface area (Å²) in [5.41, 5.74) is 0.782. The van der Waals surface area contributed by atoms with Crippen LogP contribution in [0, 0.1) is 10.1 Å². The number of hydrogen-bond acceptors (Lipinski definition) is 7. The number of ether oxygens (including phenoxy) is 1. The van der Waals surface area contributed by atoms with Crippen molar-refractivity contribution in [2.45, 2.75) is 23.8 Å². The first-order valence-corrected chi connectivity index (χ1v) is 9.30. The van der Waals surface area contributed by atoms with E-state index in [4.69, 9.17) is 9.88 Å². The topological polar surface area (TPSA) is 128 Å². The first-order chi connectivity index (χ1) is 11.3. The Labute approximate surface area is 140 Å². The monoisotopic (exact) mass is 356 g/mol. The van der Waals surface area contributed by atoms with E-state index in [0.717, 1.165) is 45.3 Å². The molecule has 0 aromatic heterocycles. The van der Waals surface area contributed by atoms with Crippen molar-refractivity contribution in [3.05, 3.63) is 27.8 Å². The lowest BCUT2D eigenvalue weighted by atomic mass is 10.1. The molecule has 0 saturated carbocycles. The summed E-state index contributed by atoms with van der Waals surface area (Å²) < 4.78 is 28.4. The van der Waals surface area contributed by atoms with E-state index in [-0.39, 0.29) is 16.6 Å². The highest BCUT2D eigenvalue weighted by atomic mass is 32.2. The highest BCUT2D eigenvalue weighted by molar-refractivity contribution is 7.89. The van der Waals surface area contributed by atoms with Crippen molar-refractivity contribution in [2.75, 3.05) is 38.2 Å². The minimum atomic E-state index is -3.98. The van der Waals surface area contributed by atoms with Crippen LogP contribution in [0.25, 0.3) is 0 Å². The van der Waals surface area contributed by atoms with Gasteiger partial charge in [0.15, 0.2) is 0 Å². The number of nitrogens with zero attached hydrogens (tertiary/aromatic N) is 2. The van der Waals surface area contributed by atoms with Crippen molar-refractivity contribution in [3.63, 3.8) is 0 Å². The highest BCUT2D eigenvalue weighted by Crippen LogP contribution is 2.37. The van der Waals surface area contributed by atoms with Gasteiger partial charge in [0.25, 0.3) is 5.69 Å². The van der Waals surface area contributed by atoms with E-state index >= 15 is 0 Å². The van der Waals surface area contributed by atoms with Crippen LogP contribution in [0.5, 0.6) is 0 Å². The minimum absolute atomic E-state index is 0.0391. The van der Waals surface area contributed by atoms with E-state index < -0.39 is 14.9 Å². The van der Waals surface area contributed by atoms with Gasteiger partial charge in [-0.15, -0.1) is 0 Å². The number of rotatable bonds is 5. The summed E-state index contributed by atoms with van der Waals surface area (Å²) in [5.74, 6) is 0. The predicted molar refractivity (Wildman–Crippen MR) is 87.5 cm³/mol. The van der Waals surface area contributed by atoms with Gasteiger partial charge in [0.1, 0.15) is 5.69 Å². The summed E-state index contributed by atoms with van der Waals surface area (Å²) in [6, 6.07) is 2.49. The van der Waals surface area contributed by atoms with Crippen LogP contribution >= 0.6 is 0 Å². The zero-order chi connectivity index (χ0) is 17.3. The van der Waals surface area contributed by atoms with Crippen LogP contribution in [0.15, 0.2) is 17.0 Å². The smallest absolute Gasteiger partial charge is 0.293 e. The summed E-state index contributed by atoms with van der Waals surface area (Å²) in [4.78, 5) is 12.8. The van der Waals surface area contributed by atoms with Crippen molar-refractivity contribution in [3.8, 4) is 0 Å². The summed E-state index contributed by atoms with van der Waals surface area (Å²) in [5, 5.41) is 19.5. The summed E-state index contributed by atoms with van der Waals surface area (Å²) in [6.45, 7) is 4.08. The predicted octanol–water partition coefficient (Wildman–Crippen LogP) is 0.301. The zero-order valence-corrected chi connectivity index (χ0v) is 13.9.